The number of aromatic carboxylic acids is 1. The Bertz CT molecular complexity index is 607. The van der Waals surface area contributed by atoms with Crippen molar-refractivity contribution in [3.8, 4) is 0 Å². The largest absolute Gasteiger partial charge is 0.478 e. The fraction of sp³-hybridized carbons (Fsp3) is 0.438. The molecule has 0 bridgehead atoms. The van der Waals surface area contributed by atoms with Crippen molar-refractivity contribution in [2.24, 2.45) is 17.8 Å². The molecule has 1 aliphatic carbocycles. The maximum atomic E-state index is 12.5. The number of benzene rings is 1. The lowest BCUT2D eigenvalue weighted by atomic mass is 9.76. The fourth-order valence-corrected chi connectivity index (χ4v) is 3.40. The van der Waals surface area contributed by atoms with Crippen LogP contribution in [0.3, 0.4) is 0 Å². The van der Waals surface area contributed by atoms with Gasteiger partial charge in [0.15, 0.2) is 0 Å². The fourth-order valence-electron chi connectivity index (χ4n) is 3.40. The number of anilines is 1. The van der Waals surface area contributed by atoms with Crippen LogP contribution < -0.4 is 4.90 Å². The summed E-state index contributed by atoms with van der Waals surface area (Å²) in [5, 5.41) is 8.90. The molecule has 1 heterocycles. The van der Waals surface area contributed by atoms with Crippen LogP contribution in [0.15, 0.2) is 24.3 Å². The SMILES string of the molecule is C[C@@H]1CC[C@@H]2C(=O)N(c3ccc(C(=O)O)cc3)C(=O)[C@@H]2C1. The van der Waals surface area contributed by atoms with Crippen LogP contribution in [0, 0.1) is 17.8 Å². The van der Waals surface area contributed by atoms with Gasteiger partial charge in [0.05, 0.1) is 23.1 Å². The van der Waals surface area contributed by atoms with E-state index in [2.05, 4.69) is 6.92 Å². The zero-order valence-corrected chi connectivity index (χ0v) is 11.8. The number of hydrogen-bond acceptors (Lipinski definition) is 3. The Balaban J connectivity index is 1.90. The first-order valence-electron chi connectivity index (χ1n) is 7.20. The minimum atomic E-state index is -1.02. The second kappa shape index (κ2) is 4.98. The summed E-state index contributed by atoms with van der Waals surface area (Å²) in [7, 11) is 0. The average Bonchev–Trinajstić information content (AvgIpc) is 2.70. The molecule has 5 heteroatoms. The van der Waals surface area contributed by atoms with Gasteiger partial charge in [0.1, 0.15) is 0 Å². The van der Waals surface area contributed by atoms with Gasteiger partial charge in [0.25, 0.3) is 0 Å². The minimum Gasteiger partial charge on any atom is -0.478 e. The van der Waals surface area contributed by atoms with Crippen LogP contribution in [0.4, 0.5) is 5.69 Å². The molecule has 1 aliphatic heterocycles. The van der Waals surface area contributed by atoms with Crippen molar-refractivity contribution in [2.45, 2.75) is 26.2 Å². The molecule has 0 radical (unpaired) electrons. The monoisotopic (exact) mass is 287 g/mol. The van der Waals surface area contributed by atoms with E-state index < -0.39 is 5.97 Å². The first kappa shape index (κ1) is 13.8. The lowest BCUT2D eigenvalue weighted by Gasteiger charge is -2.25. The molecule has 2 fully saturated rings. The number of carboxylic acids is 1. The smallest absolute Gasteiger partial charge is 0.335 e. The molecule has 3 rings (SSSR count). The van der Waals surface area contributed by atoms with Gasteiger partial charge in [0.2, 0.25) is 11.8 Å². The van der Waals surface area contributed by atoms with Gasteiger partial charge in [-0.25, -0.2) is 4.79 Å². The van der Waals surface area contributed by atoms with Gasteiger partial charge in [-0.3, -0.25) is 14.5 Å². The Hall–Kier alpha value is -2.17. The third-order valence-electron chi connectivity index (χ3n) is 4.56. The summed E-state index contributed by atoms with van der Waals surface area (Å²) < 4.78 is 0. The molecule has 2 aliphatic rings. The predicted octanol–water partition coefficient (Wildman–Crippen LogP) is 2.31. The van der Waals surface area contributed by atoms with Crippen LogP contribution in [0.2, 0.25) is 0 Å². The van der Waals surface area contributed by atoms with Crippen molar-refractivity contribution in [3.63, 3.8) is 0 Å². The number of hydrogen-bond donors (Lipinski definition) is 1. The molecule has 3 atom stereocenters. The maximum Gasteiger partial charge on any atom is 0.335 e. The van der Waals surface area contributed by atoms with Crippen LogP contribution in [0.5, 0.6) is 0 Å². The van der Waals surface area contributed by atoms with Gasteiger partial charge in [-0.1, -0.05) is 6.92 Å². The second-order valence-electron chi connectivity index (χ2n) is 6.00. The number of nitrogens with zero attached hydrogens (tertiary/aromatic N) is 1. The molecular formula is C16H17NO4. The summed E-state index contributed by atoms with van der Waals surface area (Å²) in [6.45, 7) is 2.11. The van der Waals surface area contributed by atoms with Crippen molar-refractivity contribution < 1.29 is 19.5 Å². The Kier molecular flexibility index (Phi) is 3.27. The molecule has 1 saturated heterocycles. The molecular weight excluding hydrogens is 270 g/mol. The molecule has 1 saturated carbocycles. The Morgan fingerprint density at radius 1 is 1.10 bits per heavy atom. The number of carbonyl (C=O) groups is 3. The van der Waals surface area contributed by atoms with E-state index in [4.69, 9.17) is 5.11 Å². The molecule has 5 nitrogen and oxygen atoms in total. The number of fused-ring (bicyclic) bond motifs is 1. The van der Waals surface area contributed by atoms with Gasteiger partial charge in [0, 0.05) is 0 Å². The van der Waals surface area contributed by atoms with E-state index in [0.29, 0.717) is 11.6 Å². The van der Waals surface area contributed by atoms with Crippen molar-refractivity contribution >= 4 is 23.5 Å². The molecule has 1 aromatic rings. The standard InChI is InChI=1S/C16H17NO4/c1-9-2-7-12-13(8-9)15(19)17(14(12)18)11-5-3-10(4-6-11)16(20)21/h3-6,9,12-13H,2,7-8H2,1H3,(H,20,21)/t9-,12+,13-/m1/s1. The lowest BCUT2D eigenvalue weighted by Crippen LogP contribution is -2.30. The van der Waals surface area contributed by atoms with Crippen LogP contribution in [0.1, 0.15) is 36.5 Å². The number of imide groups is 1. The highest BCUT2D eigenvalue weighted by molar-refractivity contribution is 6.22. The summed E-state index contributed by atoms with van der Waals surface area (Å²) in [4.78, 5) is 37.1. The van der Waals surface area contributed by atoms with Crippen LogP contribution in [0.25, 0.3) is 0 Å². The summed E-state index contributed by atoms with van der Waals surface area (Å²) in [6.07, 6.45) is 2.51. The second-order valence-corrected chi connectivity index (χ2v) is 6.00. The van der Waals surface area contributed by atoms with Crippen molar-refractivity contribution in [3.05, 3.63) is 29.8 Å². The maximum absolute atomic E-state index is 12.5. The van der Waals surface area contributed by atoms with Crippen LogP contribution in [-0.4, -0.2) is 22.9 Å². The summed E-state index contributed by atoms with van der Waals surface area (Å²) in [5.74, 6) is -1.24. The Labute approximate surface area is 122 Å². The van der Waals surface area contributed by atoms with Gasteiger partial charge in [-0.05, 0) is 49.4 Å². The third-order valence-corrected chi connectivity index (χ3v) is 4.56. The minimum absolute atomic E-state index is 0.139. The zero-order chi connectivity index (χ0) is 15.1. The van der Waals surface area contributed by atoms with E-state index in [1.54, 1.807) is 0 Å². The summed E-state index contributed by atoms with van der Waals surface area (Å²) in [6, 6.07) is 5.89. The molecule has 0 unspecified atom stereocenters. The number of carboxylic acid groups (broad SMARTS) is 1. The first-order valence-corrected chi connectivity index (χ1v) is 7.20. The highest BCUT2D eigenvalue weighted by Gasteiger charge is 2.49. The van der Waals surface area contributed by atoms with E-state index in [1.807, 2.05) is 0 Å². The number of rotatable bonds is 2. The van der Waals surface area contributed by atoms with Crippen LogP contribution in [-0.2, 0) is 9.59 Å². The van der Waals surface area contributed by atoms with E-state index in [0.717, 1.165) is 19.3 Å². The molecule has 1 aromatic carbocycles. The van der Waals surface area contributed by atoms with Crippen LogP contribution >= 0.6 is 0 Å². The summed E-state index contributed by atoms with van der Waals surface area (Å²) in [5.41, 5.74) is 0.612. The van der Waals surface area contributed by atoms with E-state index in [-0.39, 0.29) is 29.2 Å². The van der Waals surface area contributed by atoms with Gasteiger partial charge in [-0.15, -0.1) is 0 Å². The van der Waals surface area contributed by atoms with E-state index >= 15 is 0 Å². The normalized spacial score (nSPS) is 28.6. The van der Waals surface area contributed by atoms with Gasteiger partial charge < -0.3 is 5.11 Å². The average molecular weight is 287 g/mol. The lowest BCUT2D eigenvalue weighted by molar-refractivity contribution is -0.122. The Morgan fingerprint density at radius 2 is 1.71 bits per heavy atom. The van der Waals surface area contributed by atoms with Crippen molar-refractivity contribution in [1.82, 2.24) is 0 Å². The van der Waals surface area contributed by atoms with E-state index in [9.17, 15) is 14.4 Å². The number of carbonyl (C=O) groups excluding carboxylic acids is 2. The van der Waals surface area contributed by atoms with Gasteiger partial charge >= 0.3 is 5.97 Å². The van der Waals surface area contributed by atoms with Crippen molar-refractivity contribution in [2.75, 3.05) is 4.90 Å². The quantitative estimate of drug-likeness (QED) is 0.847. The highest BCUT2D eigenvalue weighted by Crippen LogP contribution is 2.42. The zero-order valence-electron chi connectivity index (χ0n) is 11.8. The van der Waals surface area contributed by atoms with Gasteiger partial charge in [-0.2, -0.15) is 0 Å². The number of amides is 2. The molecule has 110 valence electrons. The molecule has 1 N–H and O–H groups in total. The highest BCUT2D eigenvalue weighted by atomic mass is 16.4. The van der Waals surface area contributed by atoms with E-state index in [1.165, 1.54) is 29.2 Å². The molecule has 0 aromatic heterocycles. The topological polar surface area (TPSA) is 74.7 Å². The predicted molar refractivity (Wildman–Crippen MR) is 75.9 cm³/mol. The third kappa shape index (κ3) is 2.22. The Morgan fingerprint density at radius 3 is 2.33 bits per heavy atom. The first-order chi connectivity index (χ1) is 9.99. The molecule has 0 spiro atoms. The molecule has 21 heavy (non-hydrogen) atoms. The molecule has 2 amide bonds. The summed E-state index contributed by atoms with van der Waals surface area (Å²) >= 11 is 0. The van der Waals surface area contributed by atoms with Crippen molar-refractivity contribution in [1.29, 1.82) is 0 Å².